The Kier molecular flexibility index (Phi) is 4.75. The van der Waals surface area contributed by atoms with E-state index in [0.717, 1.165) is 28.6 Å². The van der Waals surface area contributed by atoms with Gasteiger partial charge in [0.25, 0.3) is 5.91 Å². The Labute approximate surface area is 136 Å². The molecule has 0 fully saturated rings. The van der Waals surface area contributed by atoms with Gasteiger partial charge in [-0.2, -0.15) is 0 Å². The summed E-state index contributed by atoms with van der Waals surface area (Å²) in [6, 6.07) is 10.7. The van der Waals surface area contributed by atoms with E-state index in [1.165, 1.54) is 6.07 Å². The minimum Gasteiger partial charge on any atom is -0.322 e. The van der Waals surface area contributed by atoms with Gasteiger partial charge in [-0.25, -0.2) is 8.42 Å². The fourth-order valence-corrected chi connectivity index (χ4v) is 2.84. The Morgan fingerprint density at radius 1 is 0.913 bits per heavy atom. The number of nitrogens with one attached hydrogen (secondary N) is 2. The number of carbonyl (C=O) groups excluding carboxylic acids is 1. The molecule has 0 unspecified atom stereocenters. The van der Waals surface area contributed by atoms with Gasteiger partial charge in [-0.05, 0) is 50.1 Å². The normalized spacial score (nSPS) is 11.1. The number of rotatable bonds is 4. The third kappa shape index (κ3) is 4.56. The fraction of sp³-hybridized carbons (Fsp3) is 0.235. The first-order valence-electron chi connectivity index (χ1n) is 7.13. The third-order valence-electron chi connectivity index (χ3n) is 3.43. The number of hydrogen-bond acceptors (Lipinski definition) is 3. The lowest BCUT2D eigenvalue weighted by Crippen LogP contribution is -2.15. The quantitative estimate of drug-likeness (QED) is 0.902. The van der Waals surface area contributed by atoms with Gasteiger partial charge in [0.1, 0.15) is 0 Å². The van der Waals surface area contributed by atoms with Crippen molar-refractivity contribution in [3.63, 3.8) is 0 Å². The van der Waals surface area contributed by atoms with Gasteiger partial charge >= 0.3 is 0 Å². The molecule has 23 heavy (non-hydrogen) atoms. The van der Waals surface area contributed by atoms with Crippen molar-refractivity contribution in [2.75, 3.05) is 16.3 Å². The van der Waals surface area contributed by atoms with Crippen molar-refractivity contribution in [1.29, 1.82) is 0 Å². The average Bonchev–Trinajstić information content (AvgIpc) is 2.42. The largest absolute Gasteiger partial charge is 0.322 e. The van der Waals surface area contributed by atoms with Crippen molar-refractivity contribution in [3.8, 4) is 0 Å². The van der Waals surface area contributed by atoms with Crippen molar-refractivity contribution in [2.45, 2.75) is 20.8 Å². The van der Waals surface area contributed by atoms with Crippen molar-refractivity contribution in [1.82, 2.24) is 0 Å². The van der Waals surface area contributed by atoms with Gasteiger partial charge in [-0.1, -0.05) is 23.8 Å². The Morgan fingerprint density at radius 3 is 2.22 bits per heavy atom. The van der Waals surface area contributed by atoms with E-state index in [1.54, 1.807) is 19.1 Å². The van der Waals surface area contributed by atoms with Crippen LogP contribution in [0.25, 0.3) is 0 Å². The maximum atomic E-state index is 12.4. The molecule has 0 atom stereocenters. The maximum absolute atomic E-state index is 12.4. The first-order valence-corrected chi connectivity index (χ1v) is 9.02. The third-order valence-corrected chi connectivity index (χ3v) is 4.02. The van der Waals surface area contributed by atoms with Crippen molar-refractivity contribution < 1.29 is 13.2 Å². The van der Waals surface area contributed by atoms with Crippen LogP contribution < -0.4 is 10.0 Å². The van der Waals surface area contributed by atoms with E-state index in [0.29, 0.717) is 11.3 Å². The zero-order valence-corrected chi connectivity index (χ0v) is 14.4. The predicted molar refractivity (Wildman–Crippen MR) is 93.5 cm³/mol. The second-order valence-electron chi connectivity index (χ2n) is 5.68. The Morgan fingerprint density at radius 2 is 1.61 bits per heavy atom. The number of aryl methyl sites for hydroxylation is 3. The molecule has 122 valence electrons. The van der Waals surface area contributed by atoms with E-state index < -0.39 is 10.0 Å². The van der Waals surface area contributed by atoms with Crippen LogP contribution in [0, 0.1) is 20.8 Å². The van der Waals surface area contributed by atoms with Gasteiger partial charge < -0.3 is 5.32 Å². The van der Waals surface area contributed by atoms with Crippen LogP contribution in [0.5, 0.6) is 0 Å². The highest BCUT2D eigenvalue weighted by atomic mass is 32.2. The summed E-state index contributed by atoms with van der Waals surface area (Å²) in [5, 5.41) is 2.85. The lowest BCUT2D eigenvalue weighted by atomic mass is 10.1. The molecule has 5 nitrogen and oxygen atoms in total. The molecule has 0 aliphatic rings. The summed E-state index contributed by atoms with van der Waals surface area (Å²) >= 11 is 0. The SMILES string of the molecule is Cc1ccc(NC(=O)c2ccc(C)c(NS(C)(=O)=O)c2)c(C)c1. The number of carbonyl (C=O) groups is 1. The first kappa shape index (κ1) is 17.0. The van der Waals surface area contributed by atoms with Gasteiger partial charge in [0, 0.05) is 11.3 Å². The molecule has 0 bridgehead atoms. The molecular weight excluding hydrogens is 312 g/mol. The van der Waals surface area contributed by atoms with Crippen LogP contribution in [0.1, 0.15) is 27.0 Å². The van der Waals surface area contributed by atoms with Gasteiger partial charge in [-0.15, -0.1) is 0 Å². The molecular formula is C17H20N2O3S. The Hall–Kier alpha value is -2.34. The van der Waals surface area contributed by atoms with E-state index in [4.69, 9.17) is 0 Å². The first-order chi connectivity index (χ1) is 10.7. The molecule has 6 heteroatoms. The smallest absolute Gasteiger partial charge is 0.255 e. The molecule has 0 aliphatic carbocycles. The molecule has 2 N–H and O–H groups in total. The minimum atomic E-state index is -3.39. The number of benzene rings is 2. The molecule has 0 spiro atoms. The number of hydrogen-bond donors (Lipinski definition) is 2. The van der Waals surface area contributed by atoms with Crippen molar-refractivity contribution in [3.05, 3.63) is 58.7 Å². The van der Waals surface area contributed by atoms with Crippen molar-refractivity contribution in [2.24, 2.45) is 0 Å². The van der Waals surface area contributed by atoms with E-state index in [2.05, 4.69) is 10.0 Å². The maximum Gasteiger partial charge on any atom is 0.255 e. The molecule has 2 aromatic carbocycles. The summed E-state index contributed by atoms with van der Waals surface area (Å²) in [5.41, 5.74) is 4.37. The summed E-state index contributed by atoms with van der Waals surface area (Å²) < 4.78 is 25.2. The van der Waals surface area contributed by atoms with Crippen molar-refractivity contribution >= 4 is 27.3 Å². The highest BCUT2D eigenvalue weighted by molar-refractivity contribution is 7.92. The van der Waals surface area contributed by atoms with Crippen LogP contribution in [0.15, 0.2) is 36.4 Å². The van der Waals surface area contributed by atoms with E-state index in [1.807, 2.05) is 32.0 Å². The van der Waals surface area contributed by atoms with Crippen LogP contribution in [0.4, 0.5) is 11.4 Å². The van der Waals surface area contributed by atoms with E-state index in [-0.39, 0.29) is 5.91 Å². The monoisotopic (exact) mass is 332 g/mol. The summed E-state index contributed by atoms with van der Waals surface area (Å²) in [6.45, 7) is 5.69. The molecule has 1 amide bonds. The minimum absolute atomic E-state index is 0.284. The summed E-state index contributed by atoms with van der Waals surface area (Å²) in [4.78, 5) is 12.4. The zero-order valence-electron chi connectivity index (χ0n) is 13.6. The molecule has 2 rings (SSSR count). The van der Waals surface area contributed by atoms with Crippen LogP contribution in [-0.2, 0) is 10.0 Å². The zero-order chi connectivity index (χ0) is 17.2. The van der Waals surface area contributed by atoms with Crippen LogP contribution in [0.3, 0.4) is 0 Å². The topological polar surface area (TPSA) is 75.3 Å². The van der Waals surface area contributed by atoms with Gasteiger partial charge in [-0.3, -0.25) is 9.52 Å². The molecule has 0 saturated heterocycles. The summed E-state index contributed by atoms with van der Waals surface area (Å²) in [5.74, 6) is -0.284. The van der Waals surface area contributed by atoms with Gasteiger partial charge in [0.2, 0.25) is 10.0 Å². The highest BCUT2D eigenvalue weighted by Crippen LogP contribution is 2.21. The molecule has 0 radical (unpaired) electrons. The lowest BCUT2D eigenvalue weighted by Gasteiger charge is -2.12. The molecule has 0 aliphatic heterocycles. The van der Waals surface area contributed by atoms with Gasteiger partial charge in [0.05, 0.1) is 11.9 Å². The van der Waals surface area contributed by atoms with Crippen LogP contribution >= 0.6 is 0 Å². The number of sulfonamides is 1. The summed E-state index contributed by atoms with van der Waals surface area (Å²) in [6.07, 6.45) is 1.08. The lowest BCUT2D eigenvalue weighted by molar-refractivity contribution is 0.102. The molecule has 0 heterocycles. The predicted octanol–water partition coefficient (Wildman–Crippen LogP) is 3.24. The second-order valence-corrected chi connectivity index (χ2v) is 7.42. The fourth-order valence-electron chi connectivity index (χ4n) is 2.22. The van der Waals surface area contributed by atoms with E-state index >= 15 is 0 Å². The standard InChI is InChI=1S/C17H20N2O3S/c1-11-5-8-15(13(3)9-11)18-17(20)14-7-6-12(2)16(10-14)19-23(4,21)22/h5-10,19H,1-4H3,(H,18,20). The van der Waals surface area contributed by atoms with Crippen LogP contribution in [0.2, 0.25) is 0 Å². The number of anilines is 2. The average molecular weight is 332 g/mol. The summed E-state index contributed by atoms with van der Waals surface area (Å²) in [7, 11) is -3.39. The van der Waals surface area contributed by atoms with Crippen LogP contribution in [-0.4, -0.2) is 20.6 Å². The Balaban J connectivity index is 2.27. The molecule has 0 aromatic heterocycles. The van der Waals surface area contributed by atoms with Gasteiger partial charge in [0.15, 0.2) is 0 Å². The Bertz CT molecular complexity index is 858. The highest BCUT2D eigenvalue weighted by Gasteiger charge is 2.12. The molecule has 0 saturated carbocycles. The number of amides is 1. The second kappa shape index (κ2) is 6.42. The molecule has 2 aromatic rings. The van der Waals surface area contributed by atoms with E-state index in [9.17, 15) is 13.2 Å².